The number of benzene rings is 1. The minimum absolute atomic E-state index is 0.0618. The number of halogens is 2. The molecule has 0 heterocycles. The van der Waals surface area contributed by atoms with Gasteiger partial charge in [0.2, 0.25) is 10.0 Å². The van der Waals surface area contributed by atoms with E-state index in [2.05, 4.69) is 22.5 Å². The Kier molecular flexibility index (Phi) is 5.71. The molecule has 1 aromatic carbocycles. The van der Waals surface area contributed by atoms with Crippen molar-refractivity contribution in [3.05, 3.63) is 40.6 Å². The lowest BCUT2D eigenvalue weighted by Gasteiger charge is -2.33. The first kappa shape index (κ1) is 18.3. The zero-order chi connectivity index (χ0) is 16.4. The van der Waals surface area contributed by atoms with Gasteiger partial charge >= 0.3 is 0 Å². The minimum Gasteiger partial charge on any atom is -0.392 e. The average Bonchev–Trinajstić information content (AvgIpc) is 2.36. The zero-order valence-electron chi connectivity index (χ0n) is 12.2. The van der Waals surface area contributed by atoms with E-state index in [0.29, 0.717) is 4.47 Å². The fraction of sp³-hybridized carbons (Fsp3) is 0.429. The number of hydrogen-bond donors (Lipinski definition) is 1. The summed E-state index contributed by atoms with van der Waals surface area (Å²) >= 11 is 3.14. The third kappa shape index (κ3) is 3.91. The van der Waals surface area contributed by atoms with Gasteiger partial charge < -0.3 is 5.11 Å². The lowest BCUT2D eigenvalue weighted by atomic mass is 10.1. The molecule has 0 amide bonds. The summed E-state index contributed by atoms with van der Waals surface area (Å²) in [5, 5.41) is 9.15. The van der Waals surface area contributed by atoms with E-state index in [4.69, 9.17) is 5.11 Å². The number of aliphatic hydroxyl groups excluding tert-OH is 1. The second-order valence-corrected chi connectivity index (χ2v) is 8.28. The normalized spacial score (nSPS) is 12.7. The molecule has 0 aliphatic carbocycles. The molecule has 0 spiro atoms. The van der Waals surface area contributed by atoms with Gasteiger partial charge in [0.25, 0.3) is 0 Å². The first-order chi connectivity index (χ1) is 9.55. The van der Waals surface area contributed by atoms with Crippen molar-refractivity contribution in [3.63, 3.8) is 0 Å². The van der Waals surface area contributed by atoms with Crippen molar-refractivity contribution in [2.45, 2.75) is 37.8 Å². The highest BCUT2D eigenvalue weighted by Crippen LogP contribution is 2.30. The third-order valence-electron chi connectivity index (χ3n) is 2.86. The summed E-state index contributed by atoms with van der Waals surface area (Å²) in [6.45, 7) is 8.19. The average molecular weight is 380 g/mol. The van der Waals surface area contributed by atoms with Crippen molar-refractivity contribution in [1.82, 2.24) is 4.31 Å². The molecular weight excluding hydrogens is 361 g/mol. The number of aliphatic hydroxyl groups is 1. The van der Waals surface area contributed by atoms with Crippen molar-refractivity contribution < 1.29 is 17.9 Å². The Labute approximate surface area is 133 Å². The molecule has 1 N–H and O–H groups in total. The molecule has 1 aromatic rings. The zero-order valence-corrected chi connectivity index (χ0v) is 14.6. The van der Waals surface area contributed by atoms with Crippen LogP contribution < -0.4 is 0 Å². The maximum absolute atomic E-state index is 14.3. The first-order valence-corrected chi connectivity index (χ1v) is 8.51. The Morgan fingerprint density at radius 1 is 1.43 bits per heavy atom. The maximum atomic E-state index is 14.3. The second-order valence-electron chi connectivity index (χ2n) is 5.53. The van der Waals surface area contributed by atoms with Gasteiger partial charge in [-0.15, -0.1) is 6.58 Å². The number of rotatable bonds is 5. The van der Waals surface area contributed by atoms with E-state index in [-0.39, 0.29) is 12.1 Å². The van der Waals surface area contributed by atoms with Crippen LogP contribution in [0.3, 0.4) is 0 Å². The summed E-state index contributed by atoms with van der Waals surface area (Å²) in [7, 11) is -4.06. The monoisotopic (exact) mass is 379 g/mol. The Morgan fingerprint density at radius 2 is 2.00 bits per heavy atom. The van der Waals surface area contributed by atoms with Crippen molar-refractivity contribution >= 4 is 26.0 Å². The van der Waals surface area contributed by atoms with Crippen LogP contribution in [-0.2, 0) is 16.6 Å². The van der Waals surface area contributed by atoms with Gasteiger partial charge in [0.15, 0.2) is 0 Å². The molecule has 118 valence electrons. The summed E-state index contributed by atoms with van der Waals surface area (Å²) in [6.07, 6.45) is 1.45. The van der Waals surface area contributed by atoms with E-state index in [0.717, 1.165) is 0 Å². The van der Waals surface area contributed by atoms with E-state index >= 15 is 0 Å². The molecule has 4 nitrogen and oxygen atoms in total. The maximum Gasteiger partial charge on any atom is 0.246 e. The summed E-state index contributed by atoms with van der Waals surface area (Å²) < 4.78 is 41.4. The van der Waals surface area contributed by atoms with E-state index in [1.54, 1.807) is 20.8 Å². The fourth-order valence-electron chi connectivity index (χ4n) is 1.89. The molecule has 1 rings (SSSR count). The molecule has 0 saturated carbocycles. The Morgan fingerprint density at radius 3 is 2.43 bits per heavy atom. The summed E-state index contributed by atoms with van der Waals surface area (Å²) in [4.78, 5) is -0.460. The molecular formula is C14H19BrFNO3S. The van der Waals surface area contributed by atoms with Crippen molar-refractivity contribution in [2.24, 2.45) is 0 Å². The second kappa shape index (κ2) is 6.56. The summed E-state index contributed by atoms with van der Waals surface area (Å²) in [5.74, 6) is -0.931. The Balaban J connectivity index is 3.56. The van der Waals surface area contributed by atoms with Crippen molar-refractivity contribution in [2.75, 3.05) is 6.54 Å². The molecule has 0 unspecified atom stereocenters. The lowest BCUT2D eigenvalue weighted by molar-refractivity contribution is 0.266. The molecule has 0 aliphatic heterocycles. The smallest absolute Gasteiger partial charge is 0.246 e. The first-order valence-electron chi connectivity index (χ1n) is 6.28. The fourth-order valence-corrected chi connectivity index (χ4v) is 4.44. The van der Waals surface area contributed by atoms with Crippen LogP contribution in [0.1, 0.15) is 26.3 Å². The number of hydrogen-bond acceptors (Lipinski definition) is 3. The van der Waals surface area contributed by atoms with Crippen LogP contribution in [0.2, 0.25) is 0 Å². The van der Waals surface area contributed by atoms with E-state index < -0.39 is 32.9 Å². The Bertz CT molecular complexity index is 638. The molecule has 21 heavy (non-hydrogen) atoms. The van der Waals surface area contributed by atoms with Gasteiger partial charge in [0.1, 0.15) is 10.7 Å². The molecule has 0 aliphatic rings. The molecule has 0 radical (unpaired) electrons. The third-order valence-corrected chi connectivity index (χ3v) is 5.45. The van der Waals surface area contributed by atoms with Gasteiger partial charge in [-0.25, -0.2) is 12.8 Å². The van der Waals surface area contributed by atoms with Crippen LogP contribution in [0.15, 0.2) is 34.2 Å². The Hall–Kier alpha value is -0.760. The highest BCUT2D eigenvalue weighted by atomic mass is 79.9. The van der Waals surface area contributed by atoms with Crippen LogP contribution >= 0.6 is 15.9 Å². The van der Waals surface area contributed by atoms with Crippen LogP contribution in [0.5, 0.6) is 0 Å². The van der Waals surface area contributed by atoms with Crippen LogP contribution in [-0.4, -0.2) is 29.9 Å². The topological polar surface area (TPSA) is 57.6 Å². The quantitative estimate of drug-likeness (QED) is 0.799. The van der Waals surface area contributed by atoms with Gasteiger partial charge in [-0.1, -0.05) is 22.0 Å². The van der Waals surface area contributed by atoms with Gasteiger partial charge in [0, 0.05) is 22.1 Å². The van der Waals surface area contributed by atoms with Crippen LogP contribution in [0.25, 0.3) is 0 Å². The van der Waals surface area contributed by atoms with Gasteiger partial charge in [-0.05, 0) is 32.9 Å². The van der Waals surface area contributed by atoms with Crippen LogP contribution in [0, 0.1) is 5.82 Å². The van der Waals surface area contributed by atoms with Crippen LogP contribution in [0.4, 0.5) is 4.39 Å². The summed E-state index contributed by atoms with van der Waals surface area (Å²) in [6, 6.07) is 2.55. The molecule has 0 saturated heterocycles. The molecule has 0 bridgehead atoms. The molecule has 0 atom stereocenters. The number of sulfonamides is 1. The highest BCUT2D eigenvalue weighted by molar-refractivity contribution is 9.10. The van der Waals surface area contributed by atoms with Gasteiger partial charge in [-0.2, -0.15) is 4.31 Å². The molecule has 0 aromatic heterocycles. The van der Waals surface area contributed by atoms with Gasteiger partial charge in [-0.3, -0.25) is 0 Å². The van der Waals surface area contributed by atoms with Gasteiger partial charge in [0.05, 0.1) is 6.61 Å². The lowest BCUT2D eigenvalue weighted by Crippen LogP contribution is -2.45. The largest absolute Gasteiger partial charge is 0.392 e. The van der Waals surface area contributed by atoms with Crippen molar-refractivity contribution in [3.8, 4) is 0 Å². The molecule has 7 heteroatoms. The van der Waals surface area contributed by atoms with Crippen molar-refractivity contribution in [1.29, 1.82) is 0 Å². The highest BCUT2D eigenvalue weighted by Gasteiger charge is 2.35. The predicted molar refractivity (Wildman–Crippen MR) is 83.9 cm³/mol. The molecule has 0 fully saturated rings. The summed E-state index contributed by atoms with van der Waals surface area (Å²) in [5.41, 5.74) is -0.809. The number of nitrogens with zero attached hydrogens (tertiary/aromatic N) is 1. The van der Waals surface area contributed by atoms with E-state index in [1.165, 1.54) is 22.5 Å². The standard InChI is InChI=1S/C14H19BrFNO3S/c1-5-6-17(14(2,3)4)21(19,20)12-8-11(15)7-10(9-18)13(12)16/h5,7-8,18H,1,6,9H2,2-4H3. The van der Waals surface area contributed by atoms with E-state index in [9.17, 15) is 12.8 Å². The minimum atomic E-state index is -4.06. The van der Waals surface area contributed by atoms with E-state index in [1.807, 2.05) is 0 Å². The SMILES string of the molecule is C=CCN(C(C)(C)C)S(=O)(=O)c1cc(Br)cc(CO)c1F. The predicted octanol–water partition coefficient (Wildman–Crippen LogP) is 3.06.